The maximum absolute atomic E-state index is 12.3. The molecule has 4 rings (SSSR count). The molecule has 0 amide bonds. The van der Waals surface area contributed by atoms with E-state index in [0.29, 0.717) is 6.79 Å². The van der Waals surface area contributed by atoms with E-state index in [0.717, 1.165) is 53.8 Å². The Labute approximate surface area is 146 Å². The molecule has 0 saturated heterocycles. The van der Waals surface area contributed by atoms with Crippen LogP contribution in [0.15, 0.2) is 53.3 Å². The first-order valence-electron chi connectivity index (χ1n) is 8.68. The van der Waals surface area contributed by atoms with Crippen LogP contribution in [0.1, 0.15) is 24.1 Å². The number of fused-ring (bicyclic) bond motifs is 2. The first kappa shape index (κ1) is 15.8. The third-order valence-corrected chi connectivity index (χ3v) is 4.84. The topological polar surface area (TPSA) is 40.5 Å². The number of hydrogen-bond acceptors (Lipinski definition) is 3. The van der Waals surface area contributed by atoms with Crippen molar-refractivity contribution in [3.63, 3.8) is 0 Å². The van der Waals surface area contributed by atoms with Crippen LogP contribution >= 0.6 is 0 Å². The van der Waals surface area contributed by atoms with Gasteiger partial charge in [-0.05, 0) is 55.5 Å². The van der Waals surface area contributed by atoms with E-state index in [1.54, 1.807) is 6.07 Å². The summed E-state index contributed by atoms with van der Waals surface area (Å²) in [6.07, 6.45) is 4.01. The molecule has 0 aliphatic carbocycles. The molecule has 0 bridgehead atoms. The van der Waals surface area contributed by atoms with Gasteiger partial charge in [-0.3, -0.25) is 4.79 Å². The summed E-state index contributed by atoms with van der Waals surface area (Å²) in [5.41, 5.74) is 3.46. The number of pyridine rings is 1. The highest BCUT2D eigenvalue weighted by Gasteiger charge is 2.13. The SMILES string of the molecule is Cn1c(CCCCc2ccc3c(c2)OCO3)cc(=O)c2ccccc21. The molecule has 3 aromatic rings. The van der Waals surface area contributed by atoms with Crippen LogP contribution in [-0.4, -0.2) is 11.4 Å². The molecule has 0 radical (unpaired) electrons. The molecule has 2 heterocycles. The normalized spacial score (nSPS) is 12.7. The molecule has 0 atom stereocenters. The highest BCUT2D eigenvalue weighted by atomic mass is 16.7. The highest BCUT2D eigenvalue weighted by molar-refractivity contribution is 5.79. The second-order valence-electron chi connectivity index (χ2n) is 6.47. The monoisotopic (exact) mass is 335 g/mol. The van der Waals surface area contributed by atoms with Crippen LogP contribution < -0.4 is 14.9 Å². The van der Waals surface area contributed by atoms with Gasteiger partial charge in [0.05, 0.1) is 5.52 Å². The number of aromatic nitrogens is 1. The standard InChI is InChI=1S/C21H21NO3/c1-22-16(13-19(23)17-8-4-5-9-18(17)22)7-3-2-6-15-10-11-20-21(12-15)25-14-24-20/h4-5,8-13H,2-3,6-7,14H2,1H3. The molecule has 0 spiro atoms. The van der Waals surface area contributed by atoms with Crippen molar-refractivity contribution in [1.82, 2.24) is 4.57 Å². The lowest BCUT2D eigenvalue weighted by atomic mass is 10.0. The minimum absolute atomic E-state index is 0.111. The van der Waals surface area contributed by atoms with Crippen molar-refractivity contribution >= 4 is 10.9 Å². The van der Waals surface area contributed by atoms with Gasteiger partial charge in [-0.1, -0.05) is 18.2 Å². The Morgan fingerprint density at radius 3 is 2.68 bits per heavy atom. The first-order valence-corrected chi connectivity index (χ1v) is 8.68. The van der Waals surface area contributed by atoms with Crippen LogP contribution in [0, 0.1) is 0 Å². The van der Waals surface area contributed by atoms with E-state index in [9.17, 15) is 4.79 Å². The molecular weight excluding hydrogens is 314 g/mol. The van der Waals surface area contributed by atoms with Gasteiger partial charge in [0, 0.05) is 24.2 Å². The molecule has 2 aromatic carbocycles. The summed E-state index contributed by atoms with van der Waals surface area (Å²) in [5, 5.41) is 0.786. The first-order chi connectivity index (χ1) is 12.2. The maximum atomic E-state index is 12.3. The molecule has 0 N–H and O–H groups in total. The Morgan fingerprint density at radius 2 is 1.76 bits per heavy atom. The number of nitrogens with zero attached hydrogens (tertiary/aromatic N) is 1. The summed E-state index contributed by atoms with van der Waals surface area (Å²) in [7, 11) is 2.04. The van der Waals surface area contributed by atoms with E-state index in [4.69, 9.17) is 9.47 Å². The minimum Gasteiger partial charge on any atom is -0.454 e. The van der Waals surface area contributed by atoms with Gasteiger partial charge in [-0.2, -0.15) is 0 Å². The van der Waals surface area contributed by atoms with Crippen molar-refractivity contribution < 1.29 is 9.47 Å². The van der Waals surface area contributed by atoms with Crippen molar-refractivity contribution in [2.75, 3.05) is 6.79 Å². The number of hydrogen-bond donors (Lipinski definition) is 0. The van der Waals surface area contributed by atoms with Gasteiger partial charge in [0.2, 0.25) is 6.79 Å². The summed E-state index contributed by atoms with van der Waals surface area (Å²) in [6, 6.07) is 15.7. The summed E-state index contributed by atoms with van der Waals surface area (Å²) in [5.74, 6) is 1.67. The molecule has 1 aliphatic rings. The van der Waals surface area contributed by atoms with E-state index in [-0.39, 0.29) is 5.43 Å². The second kappa shape index (κ2) is 6.63. The maximum Gasteiger partial charge on any atom is 0.231 e. The van der Waals surface area contributed by atoms with E-state index < -0.39 is 0 Å². The zero-order valence-electron chi connectivity index (χ0n) is 14.3. The number of benzene rings is 2. The minimum atomic E-state index is 0.111. The summed E-state index contributed by atoms with van der Waals surface area (Å²) < 4.78 is 12.9. The van der Waals surface area contributed by atoms with Crippen molar-refractivity contribution in [2.45, 2.75) is 25.7 Å². The molecule has 0 saturated carbocycles. The van der Waals surface area contributed by atoms with Crippen LogP contribution in [0.2, 0.25) is 0 Å². The van der Waals surface area contributed by atoms with Crippen molar-refractivity contribution in [2.24, 2.45) is 7.05 Å². The van der Waals surface area contributed by atoms with Gasteiger partial charge in [-0.15, -0.1) is 0 Å². The van der Waals surface area contributed by atoms with Crippen LogP contribution in [0.25, 0.3) is 10.9 Å². The predicted molar refractivity (Wildman–Crippen MR) is 98.4 cm³/mol. The average molecular weight is 335 g/mol. The number of aryl methyl sites for hydroxylation is 3. The smallest absolute Gasteiger partial charge is 0.231 e. The molecule has 25 heavy (non-hydrogen) atoms. The highest BCUT2D eigenvalue weighted by Crippen LogP contribution is 2.32. The lowest BCUT2D eigenvalue weighted by Gasteiger charge is -2.12. The van der Waals surface area contributed by atoms with Crippen molar-refractivity contribution in [3.05, 3.63) is 70.0 Å². The fraction of sp³-hybridized carbons (Fsp3) is 0.286. The van der Waals surface area contributed by atoms with Crippen LogP contribution in [-0.2, 0) is 19.9 Å². The molecule has 4 nitrogen and oxygen atoms in total. The molecule has 1 aromatic heterocycles. The van der Waals surface area contributed by atoms with Gasteiger partial charge < -0.3 is 14.0 Å². The van der Waals surface area contributed by atoms with E-state index in [2.05, 4.69) is 16.7 Å². The van der Waals surface area contributed by atoms with Gasteiger partial charge in [0.25, 0.3) is 0 Å². The second-order valence-corrected chi connectivity index (χ2v) is 6.47. The van der Waals surface area contributed by atoms with Gasteiger partial charge >= 0.3 is 0 Å². The Balaban J connectivity index is 1.41. The molecule has 4 heteroatoms. The summed E-state index contributed by atoms with van der Waals surface area (Å²) in [6.45, 7) is 0.314. The molecule has 0 fully saturated rings. The predicted octanol–water partition coefficient (Wildman–Crippen LogP) is 3.83. The van der Waals surface area contributed by atoms with E-state index >= 15 is 0 Å². The third-order valence-electron chi connectivity index (χ3n) is 4.84. The Morgan fingerprint density at radius 1 is 0.960 bits per heavy atom. The van der Waals surface area contributed by atoms with Gasteiger partial charge in [-0.25, -0.2) is 0 Å². The van der Waals surface area contributed by atoms with E-state index in [1.165, 1.54) is 5.56 Å². The largest absolute Gasteiger partial charge is 0.454 e. The molecule has 1 aliphatic heterocycles. The average Bonchev–Trinajstić information content (AvgIpc) is 3.10. The van der Waals surface area contributed by atoms with Crippen molar-refractivity contribution in [3.8, 4) is 11.5 Å². The molecular formula is C21H21NO3. The van der Waals surface area contributed by atoms with Crippen molar-refractivity contribution in [1.29, 1.82) is 0 Å². The molecule has 128 valence electrons. The van der Waals surface area contributed by atoms with Crippen LogP contribution in [0.4, 0.5) is 0 Å². The van der Waals surface area contributed by atoms with Gasteiger partial charge in [0.1, 0.15) is 0 Å². The van der Waals surface area contributed by atoms with E-state index in [1.807, 2.05) is 37.4 Å². The Kier molecular flexibility index (Phi) is 4.18. The fourth-order valence-electron chi connectivity index (χ4n) is 3.43. The number of rotatable bonds is 5. The van der Waals surface area contributed by atoms with Crippen LogP contribution in [0.3, 0.4) is 0 Å². The fourth-order valence-corrected chi connectivity index (χ4v) is 3.43. The van der Waals surface area contributed by atoms with Gasteiger partial charge in [0.15, 0.2) is 16.9 Å². The molecule has 0 unspecified atom stereocenters. The summed E-state index contributed by atoms with van der Waals surface area (Å²) in [4.78, 5) is 12.3. The lowest BCUT2D eigenvalue weighted by molar-refractivity contribution is 0.174. The zero-order valence-corrected chi connectivity index (χ0v) is 14.3. The summed E-state index contributed by atoms with van der Waals surface area (Å²) >= 11 is 0. The third kappa shape index (κ3) is 3.12. The number of unbranched alkanes of at least 4 members (excludes halogenated alkanes) is 1. The Bertz CT molecular complexity index is 975. The number of ether oxygens (including phenoxy) is 2. The zero-order chi connectivity index (χ0) is 17.2. The van der Waals surface area contributed by atoms with Crippen LogP contribution in [0.5, 0.6) is 11.5 Å². The lowest BCUT2D eigenvalue weighted by Crippen LogP contribution is -2.11. The quantitative estimate of drug-likeness (QED) is 0.665. The number of para-hydroxylation sites is 1. The Hall–Kier alpha value is -2.75.